The monoisotopic (exact) mass is 187 g/mol. The van der Waals surface area contributed by atoms with Crippen LogP contribution in [0.5, 0.6) is 0 Å². The summed E-state index contributed by atoms with van der Waals surface area (Å²) in [6.45, 7) is 2.04. The van der Waals surface area contributed by atoms with Crippen LogP contribution in [-0.2, 0) is 11.2 Å². The van der Waals surface area contributed by atoms with Crippen molar-refractivity contribution in [2.24, 2.45) is 0 Å². The Kier molecular flexibility index (Phi) is 2.35. The molecule has 1 heterocycles. The normalized spacial score (nSPS) is 15.2. The summed E-state index contributed by atoms with van der Waals surface area (Å²) in [6.07, 6.45) is 3.40. The average molecular weight is 187 g/mol. The van der Waals surface area contributed by atoms with E-state index in [2.05, 4.69) is 11.4 Å². The number of nitrogens with one attached hydrogen (secondary N) is 1. The van der Waals surface area contributed by atoms with E-state index in [-0.39, 0.29) is 5.91 Å². The van der Waals surface area contributed by atoms with E-state index in [9.17, 15) is 4.79 Å². The number of hydrogen-bond acceptors (Lipinski definition) is 1. The molecule has 0 atom stereocenters. The van der Waals surface area contributed by atoms with Gasteiger partial charge in [-0.2, -0.15) is 0 Å². The van der Waals surface area contributed by atoms with Gasteiger partial charge in [0, 0.05) is 5.70 Å². The molecule has 0 saturated carbocycles. The highest BCUT2D eigenvalue weighted by atomic mass is 16.1. The largest absolute Gasteiger partial charge is 0.329 e. The van der Waals surface area contributed by atoms with Crippen LogP contribution in [0, 0.1) is 0 Å². The Bertz CT molecular complexity index is 393. The Hall–Kier alpha value is -1.57. The molecule has 0 aliphatic carbocycles. The molecule has 2 nitrogen and oxygen atoms in total. The van der Waals surface area contributed by atoms with Crippen LogP contribution in [-0.4, -0.2) is 5.91 Å². The highest BCUT2D eigenvalue weighted by Gasteiger charge is 2.11. The molecule has 1 aromatic carbocycles. The van der Waals surface area contributed by atoms with Gasteiger partial charge in [-0.05, 0) is 23.6 Å². The number of hydrogen-bond donors (Lipinski definition) is 1. The van der Waals surface area contributed by atoms with Crippen molar-refractivity contribution in [2.45, 2.75) is 19.8 Å². The number of carbonyl (C=O) groups is 1. The summed E-state index contributed by atoms with van der Waals surface area (Å²) in [5.74, 6) is 0.0862. The molecular weight excluding hydrogens is 174 g/mol. The fourth-order valence-corrected chi connectivity index (χ4v) is 1.65. The van der Waals surface area contributed by atoms with E-state index in [1.165, 1.54) is 0 Å². The molecule has 0 bridgehead atoms. The van der Waals surface area contributed by atoms with E-state index in [0.29, 0.717) is 6.42 Å². The third-order valence-corrected chi connectivity index (χ3v) is 2.42. The fraction of sp³-hybridized carbons (Fsp3) is 0.250. The number of carbonyl (C=O) groups excluding carboxylic acids is 1. The molecule has 0 unspecified atom stereocenters. The Morgan fingerprint density at radius 1 is 1.36 bits per heavy atom. The quantitative estimate of drug-likeness (QED) is 0.716. The van der Waals surface area contributed by atoms with Crippen molar-refractivity contribution < 1.29 is 4.79 Å². The summed E-state index contributed by atoms with van der Waals surface area (Å²) < 4.78 is 0. The fourth-order valence-electron chi connectivity index (χ4n) is 1.65. The van der Waals surface area contributed by atoms with Crippen LogP contribution in [0.2, 0.25) is 0 Å². The lowest BCUT2D eigenvalue weighted by atomic mass is 10.0. The molecule has 1 aliphatic heterocycles. The molecule has 0 fully saturated rings. The van der Waals surface area contributed by atoms with Crippen molar-refractivity contribution >= 4 is 12.0 Å². The van der Waals surface area contributed by atoms with Gasteiger partial charge in [-0.25, -0.2) is 0 Å². The van der Waals surface area contributed by atoms with Crippen molar-refractivity contribution in [2.75, 3.05) is 0 Å². The first-order valence-corrected chi connectivity index (χ1v) is 4.88. The van der Waals surface area contributed by atoms with Crippen LogP contribution >= 0.6 is 0 Å². The standard InChI is InChI=1S/C12H13NO/c1-2-11-7-9-5-3-4-6-10(9)8-12(14)13-11/h3-7H,2,8H2,1H3,(H,13,14). The van der Waals surface area contributed by atoms with E-state index >= 15 is 0 Å². The lowest BCUT2D eigenvalue weighted by Gasteiger charge is -2.02. The van der Waals surface area contributed by atoms with Gasteiger partial charge in [0.05, 0.1) is 6.42 Å². The van der Waals surface area contributed by atoms with Gasteiger partial charge in [-0.15, -0.1) is 0 Å². The molecule has 1 aliphatic rings. The molecule has 14 heavy (non-hydrogen) atoms. The molecule has 0 aromatic heterocycles. The summed E-state index contributed by atoms with van der Waals surface area (Å²) in [4.78, 5) is 11.5. The lowest BCUT2D eigenvalue weighted by molar-refractivity contribution is -0.119. The number of rotatable bonds is 1. The minimum Gasteiger partial charge on any atom is -0.329 e. The van der Waals surface area contributed by atoms with Crippen LogP contribution in [0.4, 0.5) is 0 Å². The molecule has 0 saturated heterocycles. The summed E-state index contributed by atoms with van der Waals surface area (Å²) in [7, 11) is 0. The highest BCUT2D eigenvalue weighted by Crippen LogP contribution is 2.17. The van der Waals surface area contributed by atoms with E-state index in [1.807, 2.05) is 31.2 Å². The number of allylic oxidation sites excluding steroid dienone is 1. The van der Waals surface area contributed by atoms with Crippen molar-refractivity contribution in [3.63, 3.8) is 0 Å². The van der Waals surface area contributed by atoms with Gasteiger partial charge >= 0.3 is 0 Å². The third kappa shape index (κ3) is 1.69. The van der Waals surface area contributed by atoms with Gasteiger partial charge in [0.2, 0.25) is 5.91 Å². The maximum absolute atomic E-state index is 11.5. The Balaban J connectivity index is 2.47. The maximum atomic E-state index is 11.5. The predicted octanol–water partition coefficient (Wildman–Crippen LogP) is 2.11. The molecule has 2 heteroatoms. The molecule has 2 rings (SSSR count). The van der Waals surface area contributed by atoms with Crippen molar-refractivity contribution in [3.8, 4) is 0 Å². The zero-order valence-corrected chi connectivity index (χ0v) is 8.21. The molecule has 1 aromatic rings. The molecule has 0 radical (unpaired) electrons. The van der Waals surface area contributed by atoms with Crippen LogP contribution in [0.15, 0.2) is 30.0 Å². The average Bonchev–Trinajstić information content (AvgIpc) is 2.35. The third-order valence-electron chi connectivity index (χ3n) is 2.42. The van der Waals surface area contributed by atoms with Gasteiger partial charge in [0.15, 0.2) is 0 Å². The second kappa shape index (κ2) is 3.66. The van der Waals surface area contributed by atoms with Gasteiger partial charge in [0.25, 0.3) is 0 Å². The van der Waals surface area contributed by atoms with Crippen molar-refractivity contribution in [1.82, 2.24) is 5.32 Å². The van der Waals surface area contributed by atoms with Gasteiger partial charge in [-0.3, -0.25) is 4.79 Å². The number of benzene rings is 1. The number of amides is 1. The van der Waals surface area contributed by atoms with Crippen molar-refractivity contribution in [3.05, 3.63) is 41.1 Å². The molecule has 0 spiro atoms. The van der Waals surface area contributed by atoms with E-state index in [0.717, 1.165) is 23.2 Å². The second-order valence-electron chi connectivity index (χ2n) is 3.45. The van der Waals surface area contributed by atoms with E-state index in [4.69, 9.17) is 0 Å². The van der Waals surface area contributed by atoms with Crippen molar-refractivity contribution in [1.29, 1.82) is 0 Å². The predicted molar refractivity (Wildman–Crippen MR) is 56.6 cm³/mol. The zero-order valence-electron chi connectivity index (χ0n) is 8.21. The van der Waals surface area contributed by atoms with Gasteiger partial charge in [0.1, 0.15) is 0 Å². The Labute approximate surface area is 83.6 Å². The zero-order chi connectivity index (χ0) is 9.97. The maximum Gasteiger partial charge on any atom is 0.228 e. The number of fused-ring (bicyclic) bond motifs is 1. The highest BCUT2D eigenvalue weighted by molar-refractivity contribution is 5.84. The Morgan fingerprint density at radius 2 is 2.14 bits per heavy atom. The lowest BCUT2D eigenvalue weighted by Crippen LogP contribution is -2.22. The SMILES string of the molecule is CCC1=Cc2ccccc2CC(=O)N1. The summed E-state index contributed by atoms with van der Waals surface area (Å²) in [6, 6.07) is 8.02. The van der Waals surface area contributed by atoms with Crippen LogP contribution in [0.3, 0.4) is 0 Å². The molecule has 72 valence electrons. The van der Waals surface area contributed by atoms with E-state index in [1.54, 1.807) is 0 Å². The minimum absolute atomic E-state index is 0.0862. The summed E-state index contributed by atoms with van der Waals surface area (Å²) >= 11 is 0. The topological polar surface area (TPSA) is 29.1 Å². The molecule has 1 N–H and O–H groups in total. The van der Waals surface area contributed by atoms with Crippen LogP contribution < -0.4 is 5.32 Å². The van der Waals surface area contributed by atoms with E-state index < -0.39 is 0 Å². The first-order valence-electron chi connectivity index (χ1n) is 4.88. The molecule has 1 amide bonds. The molecular formula is C12H13NO. The van der Waals surface area contributed by atoms with Gasteiger partial charge < -0.3 is 5.32 Å². The first-order chi connectivity index (χ1) is 6.79. The van der Waals surface area contributed by atoms with Crippen LogP contribution in [0.25, 0.3) is 6.08 Å². The second-order valence-corrected chi connectivity index (χ2v) is 3.45. The van der Waals surface area contributed by atoms with Crippen LogP contribution in [0.1, 0.15) is 24.5 Å². The Morgan fingerprint density at radius 3 is 2.93 bits per heavy atom. The summed E-state index contributed by atoms with van der Waals surface area (Å²) in [5.41, 5.74) is 3.26. The first kappa shape index (κ1) is 9.00. The van der Waals surface area contributed by atoms with Gasteiger partial charge in [-0.1, -0.05) is 31.2 Å². The smallest absolute Gasteiger partial charge is 0.228 e. The minimum atomic E-state index is 0.0862. The summed E-state index contributed by atoms with van der Waals surface area (Å²) in [5, 5.41) is 2.90.